The smallest absolute Gasteiger partial charge is 0.147 e. The summed E-state index contributed by atoms with van der Waals surface area (Å²) in [7, 11) is 0. The molecule has 0 saturated carbocycles. The second-order valence-corrected chi connectivity index (χ2v) is 5.01. The van der Waals surface area contributed by atoms with Crippen molar-refractivity contribution < 1.29 is 13.9 Å². The number of halogens is 1. The maximum Gasteiger partial charge on any atom is 0.147 e. The van der Waals surface area contributed by atoms with Crippen LogP contribution >= 0.6 is 0 Å². The first-order chi connectivity index (χ1) is 9.30. The molecule has 2 heterocycles. The zero-order valence-corrected chi connectivity index (χ0v) is 10.3. The zero-order chi connectivity index (χ0) is 12.9. The minimum Gasteiger partial charge on any atom is -0.369 e. The van der Waals surface area contributed by atoms with Gasteiger partial charge in [0.1, 0.15) is 17.5 Å². The quantitative estimate of drug-likeness (QED) is 0.770. The molecule has 0 aromatic heterocycles. The van der Waals surface area contributed by atoms with E-state index in [2.05, 4.69) is 12.1 Å². The number of hydrogen-bond acceptors (Lipinski definition) is 2. The summed E-state index contributed by atoms with van der Waals surface area (Å²) in [6.45, 7) is 1.26. The van der Waals surface area contributed by atoms with Gasteiger partial charge in [0.25, 0.3) is 0 Å². The largest absolute Gasteiger partial charge is 0.369 e. The second kappa shape index (κ2) is 3.89. The molecule has 1 fully saturated rings. The van der Waals surface area contributed by atoms with Gasteiger partial charge in [-0.2, -0.15) is 0 Å². The number of rotatable bonds is 2. The molecule has 2 aliphatic rings. The Kier molecular flexibility index (Phi) is 2.28. The van der Waals surface area contributed by atoms with E-state index >= 15 is 0 Å². The first-order valence-electron chi connectivity index (χ1n) is 6.41. The van der Waals surface area contributed by atoms with E-state index in [-0.39, 0.29) is 11.9 Å². The lowest BCUT2D eigenvalue weighted by atomic mass is 9.83. The highest BCUT2D eigenvalue weighted by molar-refractivity contribution is 5.46. The minimum atomic E-state index is -0.565. The van der Waals surface area contributed by atoms with Gasteiger partial charge >= 0.3 is 0 Å². The first-order valence-corrected chi connectivity index (χ1v) is 6.41. The van der Waals surface area contributed by atoms with Crippen molar-refractivity contribution >= 4 is 0 Å². The molecule has 2 unspecified atom stereocenters. The third-order valence-electron chi connectivity index (χ3n) is 3.93. The Labute approximate surface area is 110 Å². The lowest BCUT2D eigenvalue weighted by Gasteiger charge is -2.28. The van der Waals surface area contributed by atoms with Crippen molar-refractivity contribution in [3.05, 3.63) is 71.0 Å². The van der Waals surface area contributed by atoms with Crippen molar-refractivity contribution in [3.8, 4) is 0 Å². The Hall–Kier alpha value is -1.71. The van der Waals surface area contributed by atoms with Gasteiger partial charge in [-0.25, -0.2) is 4.39 Å². The van der Waals surface area contributed by atoms with Gasteiger partial charge in [0.2, 0.25) is 0 Å². The molecule has 2 aromatic carbocycles. The van der Waals surface area contributed by atoms with Gasteiger partial charge in [-0.3, -0.25) is 0 Å². The Balaban J connectivity index is 1.91. The van der Waals surface area contributed by atoms with Crippen LogP contribution in [0.15, 0.2) is 48.5 Å². The summed E-state index contributed by atoms with van der Waals surface area (Å²) in [4.78, 5) is 0. The summed E-state index contributed by atoms with van der Waals surface area (Å²) >= 11 is 0. The molecule has 2 nitrogen and oxygen atoms in total. The summed E-state index contributed by atoms with van der Waals surface area (Å²) in [6.07, 6.45) is 0.0293. The fourth-order valence-corrected chi connectivity index (χ4v) is 2.95. The van der Waals surface area contributed by atoms with E-state index in [0.29, 0.717) is 13.2 Å². The molecule has 2 aromatic rings. The van der Waals surface area contributed by atoms with E-state index < -0.39 is 5.60 Å². The minimum absolute atomic E-state index is 0.0293. The Morgan fingerprint density at radius 3 is 2.53 bits per heavy atom. The van der Waals surface area contributed by atoms with Gasteiger partial charge in [0, 0.05) is 0 Å². The van der Waals surface area contributed by atoms with Crippen LogP contribution in [0.4, 0.5) is 4.39 Å². The average molecular weight is 256 g/mol. The maximum absolute atomic E-state index is 13.1. The van der Waals surface area contributed by atoms with Gasteiger partial charge in [-0.05, 0) is 28.8 Å². The molecule has 0 amide bonds. The van der Waals surface area contributed by atoms with E-state index in [0.717, 1.165) is 11.1 Å². The molecule has 0 aliphatic carbocycles. The molecule has 0 radical (unpaired) electrons. The van der Waals surface area contributed by atoms with Gasteiger partial charge in [-0.1, -0.05) is 36.4 Å². The maximum atomic E-state index is 13.1. The SMILES string of the molecule is Fc1ccc(C2(C3CO3)OCc3ccccc32)cc1. The number of epoxide rings is 1. The highest BCUT2D eigenvalue weighted by Gasteiger charge is 2.54. The Bertz CT molecular complexity index is 619. The van der Waals surface area contributed by atoms with E-state index in [1.165, 1.54) is 17.7 Å². The molecule has 0 spiro atoms. The van der Waals surface area contributed by atoms with Crippen LogP contribution in [-0.2, 0) is 21.7 Å². The molecule has 0 N–H and O–H groups in total. The van der Waals surface area contributed by atoms with E-state index in [9.17, 15) is 4.39 Å². The van der Waals surface area contributed by atoms with Crippen molar-refractivity contribution in [1.82, 2.24) is 0 Å². The lowest BCUT2D eigenvalue weighted by Crippen LogP contribution is -2.33. The second-order valence-electron chi connectivity index (χ2n) is 5.01. The van der Waals surface area contributed by atoms with Crippen LogP contribution < -0.4 is 0 Å². The first kappa shape index (κ1) is 11.1. The highest BCUT2D eigenvalue weighted by Crippen LogP contribution is 2.49. The van der Waals surface area contributed by atoms with Crippen LogP contribution in [0.25, 0.3) is 0 Å². The normalized spacial score (nSPS) is 28.2. The molecule has 4 rings (SSSR count). The van der Waals surface area contributed by atoms with Gasteiger partial charge in [0.05, 0.1) is 13.2 Å². The van der Waals surface area contributed by atoms with Gasteiger partial charge in [-0.15, -0.1) is 0 Å². The van der Waals surface area contributed by atoms with Crippen LogP contribution in [0.3, 0.4) is 0 Å². The van der Waals surface area contributed by atoms with Crippen molar-refractivity contribution in [2.45, 2.75) is 18.3 Å². The van der Waals surface area contributed by atoms with Crippen molar-refractivity contribution in [1.29, 1.82) is 0 Å². The van der Waals surface area contributed by atoms with E-state index in [4.69, 9.17) is 9.47 Å². The van der Waals surface area contributed by atoms with Crippen LogP contribution in [0.2, 0.25) is 0 Å². The molecule has 0 bridgehead atoms. The third kappa shape index (κ3) is 1.55. The molecule has 2 aliphatic heterocycles. The molecular weight excluding hydrogens is 243 g/mol. The monoisotopic (exact) mass is 256 g/mol. The number of fused-ring (bicyclic) bond motifs is 1. The van der Waals surface area contributed by atoms with Crippen molar-refractivity contribution in [2.75, 3.05) is 6.61 Å². The zero-order valence-electron chi connectivity index (χ0n) is 10.3. The summed E-state index contributed by atoms with van der Waals surface area (Å²) in [5.74, 6) is -0.234. The Morgan fingerprint density at radius 1 is 1.05 bits per heavy atom. The van der Waals surface area contributed by atoms with Crippen LogP contribution in [-0.4, -0.2) is 12.7 Å². The third-order valence-corrected chi connectivity index (χ3v) is 3.93. The summed E-state index contributed by atoms with van der Waals surface area (Å²) < 4.78 is 24.8. The van der Waals surface area contributed by atoms with Crippen molar-refractivity contribution in [3.63, 3.8) is 0 Å². The predicted octanol–water partition coefficient (Wildman–Crippen LogP) is 3.00. The fraction of sp³-hybridized carbons (Fsp3) is 0.250. The van der Waals surface area contributed by atoms with Crippen molar-refractivity contribution in [2.24, 2.45) is 0 Å². The summed E-state index contributed by atoms with van der Waals surface area (Å²) in [5, 5.41) is 0. The number of ether oxygens (including phenoxy) is 2. The van der Waals surface area contributed by atoms with Crippen LogP contribution in [0, 0.1) is 5.82 Å². The number of hydrogen-bond donors (Lipinski definition) is 0. The summed E-state index contributed by atoms with van der Waals surface area (Å²) in [6, 6.07) is 14.7. The summed E-state index contributed by atoms with van der Waals surface area (Å²) in [5.41, 5.74) is 2.72. The van der Waals surface area contributed by atoms with Gasteiger partial charge < -0.3 is 9.47 Å². The lowest BCUT2D eigenvalue weighted by molar-refractivity contribution is -0.0254. The highest BCUT2D eigenvalue weighted by atomic mass is 19.1. The standard InChI is InChI=1S/C16H13FO2/c17-13-7-5-12(6-8-13)16(15-10-18-15)14-4-2-1-3-11(14)9-19-16/h1-8,15H,9-10H2. The molecule has 1 saturated heterocycles. The van der Waals surface area contributed by atoms with E-state index in [1.54, 1.807) is 12.1 Å². The van der Waals surface area contributed by atoms with Gasteiger partial charge in [0.15, 0.2) is 0 Å². The average Bonchev–Trinajstić information content (AvgIpc) is 3.22. The molecule has 19 heavy (non-hydrogen) atoms. The predicted molar refractivity (Wildman–Crippen MR) is 68.2 cm³/mol. The Morgan fingerprint density at radius 2 is 1.79 bits per heavy atom. The molecule has 96 valence electrons. The molecular formula is C16H13FO2. The molecule has 2 atom stereocenters. The topological polar surface area (TPSA) is 21.8 Å². The van der Waals surface area contributed by atoms with Crippen LogP contribution in [0.5, 0.6) is 0 Å². The van der Waals surface area contributed by atoms with E-state index in [1.807, 2.05) is 12.1 Å². The fourth-order valence-electron chi connectivity index (χ4n) is 2.95. The molecule has 3 heteroatoms. The number of benzene rings is 2. The van der Waals surface area contributed by atoms with Crippen LogP contribution in [0.1, 0.15) is 16.7 Å².